The van der Waals surface area contributed by atoms with Gasteiger partial charge in [-0.25, -0.2) is 4.71 Å². The van der Waals surface area contributed by atoms with Crippen molar-refractivity contribution in [3.05, 3.63) is 75.3 Å². The first kappa shape index (κ1) is 22.1. The first-order valence-corrected chi connectivity index (χ1v) is 9.39. The van der Waals surface area contributed by atoms with Gasteiger partial charge in [0.05, 0.1) is 4.92 Å². The van der Waals surface area contributed by atoms with E-state index in [4.69, 9.17) is 25.3 Å². The van der Waals surface area contributed by atoms with Crippen molar-refractivity contribution in [3.63, 3.8) is 0 Å². The molecule has 1 aliphatic heterocycles. The molecule has 0 N–H and O–H groups in total. The fourth-order valence-corrected chi connectivity index (χ4v) is 3.51. The molecule has 3 rings (SSSR count). The van der Waals surface area contributed by atoms with E-state index in [-0.39, 0.29) is 32.8 Å². The van der Waals surface area contributed by atoms with Crippen molar-refractivity contribution >= 4 is 30.9 Å². The van der Waals surface area contributed by atoms with Gasteiger partial charge in [-0.2, -0.15) is 0 Å². The molecule has 0 saturated carbocycles. The smallest absolute Gasteiger partial charge is 0.269 e. The molecule has 1 radical (unpaired) electrons. The molecule has 7 heteroatoms. The summed E-state index contributed by atoms with van der Waals surface area (Å²) in [6, 6.07) is 14.6. The van der Waals surface area contributed by atoms with Gasteiger partial charge < -0.3 is 30.2 Å². The van der Waals surface area contributed by atoms with Gasteiger partial charge in [0, 0.05) is 45.6 Å². The normalized spacial score (nSPS) is 14.9. The third-order valence-corrected chi connectivity index (χ3v) is 5.24. The monoisotopic (exact) mass is 579 g/mol. The Hall–Kier alpha value is -1.20. The average molecular weight is 579 g/mol. The van der Waals surface area contributed by atoms with Crippen LogP contribution >= 0.6 is 0 Å². The van der Waals surface area contributed by atoms with Crippen LogP contribution < -0.4 is 0 Å². The number of hydrogen-bond donors (Lipinski definition) is 0. The van der Waals surface area contributed by atoms with Crippen LogP contribution in [0, 0.1) is 22.0 Å². The minimum atomic E-state index is -0.413. The zero-order valence-electron chi connectivity index (χ0n) is 14.4. The van der Waals surface area contributed by atoms with Crippen LogP contribution in [0.4, 0.5) is 5.69 Å². The molecule has 145 valence electrons. The zero-order valence-corrected chi connectivity index (χ0v) is 18.2. The van der Waals surface area contributed by atoms with Gasteiger partial charge in [-0.3, -0.25) is 10.1 Å². The molecule has 1 heterocycles. The fraction of sp³-hybridized carbons (Fsp3) is 0.300. The molecular formula is C20H18AuN2O2S2-2. The molecule has 2 aromatic carbocycles. The van der Waals surface area contributed by atoms with Crippen LogP contribution in [0.1, 0.15) is 35.4 Å². The Kier molecular flexibility index (Phi) is 8.49. The molecule has 0 aromatic heterocycles. The molecule has 4 nitrogen and oxygen atoms in total. The molecule has 0 atom stereocenters. The van der Waals surface area contributed by atoms with Crippen molar-refractivity contribution in [2.75, 3.05) is 13.1 Å². The third-order valence-electron chi connectivity index (χ3n) is 4.64. The third kappa shape index (κ3) is 6.15. The van der Waals surface area contributed by atoms with Gasteiger partial charge in [0.25, 0.3) is 5.69 Å². The average Bonchev–Trinajstić information content (AvgIpc) is 2.67. The van der Waals surface area contributed by atoms with Crippen LogP contribution in [-0.2, 0) is 47.6 Å². The second-order valence-corrected chi connectivity index (χ2v) is 7.48. The van der Waals surface area contributed by atoms with Crippen molar-refractivity contribution < 1.29 is 27.3 Å². The van der Waals surface area contributed by atoms with Gasteiger partial charge in [0.2, 0.25) is 0 Å². The Morgan fingerprint density at radius 2 is 1.44 bits per heavy atom. The Labute approximate surface area is 186 Å². The number of rotatable bonds is 3. The van der Waals surface area contributed by atoms with Gasteiger partial charge in [-0.15, -0.1) is 0 Å². The molecule has 0 unspecified atom stereocenters. The van der Waals surface area contributed by atoms with Crippen molar-refractivity contribution in [2.45, 2.75) is 23.5 Å². The molecular weight excluding hydrogens is 561 g/mol. The molecule has 0 spiro atoms. The summed E-state index contributed by atoms with van der Waals surface area (Å²) in [6.07, 6.45) is 2.16. The first-order chi connectivity index (χ1) is 12.5. The van der Waals surface area contributed by atoms with E-state index in [1.807, 2.05) is 12.1 Å². The SMILES string of the molecule is O=[N+]([O-])c1ccc(C#Cc2ccc(C3CCN(C([S-])[S-])CC3)cc2)cc1.[Au]. The largest absolute Gasteiger partial charge is 0.800 e. The Morgan fingerprint density at radius 1 is 0.963 bits per heavy atom. The second-order valence-electron chi connectivity index (χ2n) is 6.29. The summed E-state index contributed by atoms with van der Waals surface area (Å²) in [4.78, 5) is 12.4. The van der Waals surface area contributed by atoms with Gasteiger partial charge in [-0.05, 0) is 61.7 Å². The van der Waals surface area contributed by atoms with E-state index < -0.39 is 4.92 Å². The van der Waals surface area contributed by atoms with Crippen molar-refractivity contribution in [1.82, 2.24) is 4.90 Å². The molecule has 0 bridgehead atoms. The van der Waals surface area contributed by atoms with E-state index >= 15 is 0 Å². The summed E-state index contributed by atoms with van der Waals surface area (Å²) in [5.74, 6) is 6.70. The summed E-state index contributed by atoms with van der Waals surface area (Å²) in [7, 11) is 0. The van der Waals surface area contributed by atoms with E-state index in [1.54, 1.807) is 12.1 Å². The summed E-state index contributed by atoms with van der Waals surface area (Å²) in [6.45, 7) is 1.92. The van der Waals surface area contributed by atoms with Crippen molar-refractivity contribution in [2.24, 2.45) is 0 Å². The van der Waals surface area contributed by atoms with Crippen molar-refractivity contribution in [1.29, 1.82) is 0 Å². The fourth-order valence-electron chi connectivity index (χ4n) is 3.09. The first-order valence-electron chi connectivity index (χ1n) is 8.45. The number of likely N-dealkylation sites (tertiary alicyclic amines) is 1. The molecule has 1 aliphatic rings. The number of nitro benzene ring substituents is 1. The molecule has 2 aromatic rings. The Morgan fingerprint density at radius 3 is 1.89 bits per heavy atom. The van der Waals surface area contributed by atoms with E-state index in [1.165, 1.54) is 17.7 Å². The number of non-ortho nitro benzene ring substituents is 1. The van der Waals surface area contributed by atoms with Crippen LogP contribution in [0.2, 0.25) is 0 Å². The molecule has 27 heavy (non-hydrogen) atoms. The quantitative estimate of drug-likeness (QED) is 0.183. The maximum atomic E-state index is 10.7. The minimum absolute atomic E-state index is 0. The van der Waals surface area contributed by atoms with Crippen LogP contribution in [0.3, 0.4) is 0 Å². The minimum Gasteiger partial charge on any atom is -0.800 e. The van der Waals surface area contributed by atoms with Crippen LogP contribution in [0.15, 0.2) is 48.5 Å². The Balaban J connectivity index is 0.00000261. The molecule has 0 amide bonds. The van der Waals surface area contributed by atoms with E-state index in [0.29, 0.717) is 5.92 Å². The maximum Gasteiger partial charge on any atom is 0.269 e. The molecule has 0 aliphatic carbocycles. The summed E-state index contributed by atoms with van der Waals surface area (Å²) in [5.41, 5.74) is 3.09. The van der Waals surface area contributed by atoms with Crippen molar-refractivity contribution in [3.8, 4) is 11.8 Å². The van der Waals surface area contributed by atoms with Crippen LogP contribution in [-0.4, -0.2) is 27.6 Å². The van der Waals surface area contributed by atoms with E-state index in [9.17, 15) is 10.1 Å². The Bertz CT molecular complexity index is 822. The van der Waals surface area contributed by atoms with Gasteiger partial charge >= 0.3 is 0 Å². The second kappa shape index (κ2) is 10.4. The summed E-state index contributed by atoms with van der Waals surface area (Å²) in [5, 5.41) is 10.7. The summed E-state index contributed by atoms with van der Waals surface area (Å²) < 4.78 is -0.201. The summed E-state index contributed by atoms with van der Waals surface area (Å²) >= 11 is 10.3. The predicted octanol–water partition coefficient (Wildman–Crippen LogP) is 3.55. The number of nitrogens with zero attached hydrogens (tertiary/aromatic N) is 2. The van der Waals surface area contributed by atoms with Crippen LogP contribution in [0.25, 0.3) is 0 Å². The molecule has 1 fully saturated rings. The molecule has 1 saturated heterocycles. The van der Waals surface area contributed by atoms with E-state index in [2.05, 4.69) is 28.9 Å². The van der Waals surface area contributed by atoms with Gasteiger partial charge in [0.15, 0.2) is 0 Å². The number of piperidine rings is 1. The topological polar surface area (TPSA) is 46.4 Å². The standard InChI is InChI=1S/C20H20N2O2S2.Au/c23-22(24)19-9-5-16(6-10-19)2-1-15-3-7-17(8-4-15)18-11-13-21(14-12-18)20(25)26;/h3-10,18,20,25-26H,11-14H2;/p-2. The predicted molar refractivity (Wildman–Crippen MR) is 108 cm³/mol. The van der Waals surface area contributed by atoms with Gasteiger partial charge in [-0.1, -0.05) is 24.0 Å². The maximum absolute atomic E-state index is 10.7. The van der Waals surface area contributed by atoms with Crippen LogP contribution in [0.5, 0.6) is 0 Å². The van der Waals surface area contributed by atoms with E-state index in [0.717, 1.165) is 37.1 Å². The zero-order chi connectivity index (χ0) is 18.5. The number of hydrogen-bond acceptors (Lipinski definition) is 5. The number of nitro groups is 1. The number of benzene rings is 2. The van der Waals surface area contributed by atoms with Gasteiger partial charge in [0.1, 0.15) is 0 Å².